The first-order chi connectivity index (χ1) is 25.8. The molecule has 242 valence electrons. The second-order valence-corrected chi connectivity index (χ2v) is 13.2. The molecule has 0 N–H and O–H groups in total. The van der Waals surface area contributed by atoms with Crippen molar-refractivity contribution in [3.63, 3.8) is 0 Å². The van der Waals surface area contributed by atoms with Gasteiger partial charge in [-0.1, -0.05) is 176 Å². The lowest BCUT2D eigenvalue weighted by atomic mass is 9.87. The molecule has 0 atom stereocenters. The fourth-order valence-electron chi connectivity index (χ4n) is 7.65. The highest BCUT2D eigenvalue weighted by Crippen LogP contribution is 2.42. The minimum atomic E-state index is 0.639. The summed E-state index contributed by atoms with van der Waals surface area (Å²) >= 11 is 0. The maximum atomic E-state index is 5.04. The molecule has 0 saturated heterocycles. The van der Waals surface area contributed by atoms with Crippen LogP contribution in [0, 0.1) is 0 Å². The van der Waals surface area contributed by atoms with Gasteiger partial charge in [0.05, 0.1) is 0 Å². The second kappa shape index (κ2) is 12.4. The van der Waals surface area contributed by atoms with Crippen molar-refractivity contribution in [3.05, 3.63) is 188 Å². The van der Waals surface area contributed by atoms with Gasteiger partial charge in [0.1, 0.15) is 0 Å². The molecule has 0 radical (unpaired) electrons. The molecule has 9 aromatic carbocycles. The lowest BCUT2D eigenvalue weighted by molar-refractivity contribution is 1.07. The second-order valence-electron chi connectivity index (χ2n) is 13.2. The van der Waals surface area contributed by atoms with Gasteiger partial charge in [0, 0.05) is 16.7 Å². The number of hydrogen-bond acceptors (Lipinski definition) is 3. The Morgan fingerprint density at radius 1 is 0.250 bits per heavy atom. The van der Waals surface area contributed by atoms with Gasteiger partial charge >= 0.3 is 0 Å². The summed E-state index contributed by atoms with van der Waals surface area (Å²) < 4.78 is 0. The van der Waals surface area contributed by atoms with Crippen molar-refractivity contribution in [1.29, 1.82) is 0 Å². The molecule has 0 amide bonds. The topological polar surface area (TPSA) is 38.7 Å². The molecule has 0 unspecified atom stereocenters. The molecule has 1 heterocycles. The molecule has 1 aromatic heterocycles. The average molecular weight is 662 g/mol. The standard InChI is InChI=1S/C49H31N3/c1-3-15-33(16-4-1)47-50-48(34-17-5-2-6-18-34)52-49(51-47)37-20-13-19-36(30-37)46-38-21-8-7-14-32(38)26-28-39(46)35-27-29-44-42-24-10-9-22-40(42)41-23-11-12-25-43(41)45(44)31-35/h1-31H. The SMILES string of the molecule is c1ccc(-c2nc(-c3ccccc3)nc(-c3cccc(-c4c(-c5ccc6c7ccccc7c7ccccc7c6c5)ccc5ccccc45)c3)n2)cc1. The Labute approximate surface area is 301 Å². The Morgan fingerprint density at radius 3 is 1.33 bits per heavy atom. The van der Waals surface area contributed by atoms with E-state index in [0.717, 1.165) is 22.3 Å². The van der Waals surface area contributed by atoms with Gasteiger partial charge < -0.3 is 0 Å². The summed E-state index contributed by atoms with van der Waals surface area (Å²) in [6.07, 6.45) is 0. The third-order valence-corrected chi connectivity index (χ3v) is 10.1. The van der Waals surface area contributed by atoms with Gasteiger partial charge in [-0.15, -0.1) is 0 Å². The van der Waals surface area contributed by atoms with Gasteiger partial charge in [-0.25, -0.2) is 15.0 Å². The number of fused-ring (bicyclic) bond motifs is 7. The van der Waals surface area contributed by atoms with E-state index in [1.54, 1.807) is 0 Å². The monoisotopic (exact) mass is 661 g/mol. The van der Waals surface area contributed by atoms with Gasteiger partial charge in [0.2, 0.25) is 0 Å². The number of nitrogens with zero attached hydrogens (tertiary/aromatic N) is 3. The number of hydrogen-bond donors (Lipinski definition) is 0. The zero-order valence-corrected chi connectivity index (χ0v) is 28.2. The average Bonchev–Trinajstić information content (AvgIpc) is 3.23. The molecule has 3 heteroatoms. The quantitative estimate of drug-likeness (QED) is 0.172. The van der Waals surface area contributed by atoms with Crippen LogP contribution in [0.2, 0.25) is 0 Å². The van der Waals surface area contributed by atoms with E-state index in [-0.39, 0.29) is 0 Å². The maximum Gasteiger partial charge on any atom is 0.164 e. The summed E-state index contributed by atoms with van der Waals surface area (Å²) in [5, 5.41) is 10.0. The van der Waals surface area contributed by atoms with Crippen LogP contribution in [-0.4, -0.2) is 15.0 Å². The normalized spacial score (nSPS) is 11.5. The summed E-state index contributed by atoms with van der Waals surface area (Å²) in [5.74, 6) is 1.94. The summed E-state index contributed by atoms with van der Waals surface area (Å²) in [7, 11) is 0. The molecule has 10 aromatic rings. The Kier molecular flexibility index (Phi) is 7.14. The minimum absolute atomic E-state index is 0.639. The van der Waals surface area contributed by atoms with Gasteiger partial charge in [-0.3, -0.25) is 0 Å². The lowest BCUT2D eigenvalue weighted by Gasteiger charge is -2.17. The smallest absolute Gasteiger partial charge is 0.164 e. The van der Waals surface area contributed by atoms with E-state index in [2.05, 4.69) is 127 Å². The van der Waals surface area contributed by atoms with Crippen LogP contribution >= 0.6 is 0 Å². The summed E-state index contributed by atoms with van der Waals surface area (Å²) in [5.41, 5.74) is 7.49. The first kappa shape index (κ1) is 29.9. The first-order valence-corrected chi connectivity index (χ1v) is 17.6. The van der Waals surface area contributed by atoms with Crippen LogP contribution in [-0.2, 0) is 0 Å². The fraction of sp³-hybridized carbons (Fsp3) is 0. The maximum absolute atomic E-state index is 5.04. The van der Waals surface area contributed by atoms with E-state index in [9.17, 15) is 0 Å². The predicted molar refractivity (Wildman–Crippen MR) is 217 cm³/mol. The highest BCUT2D eigenvalue weighted by Gasteiger charge is 2.17. The predicted octanol–water partition coefficient (Wildman–Crippen LogP) is 12.8. The zero-order valence-electron chi connectivity index (χ0n) is 28.2. The third kappa shape index (κ3) is 5.10. The van der Waals surface area contributed by atoms with E-state index < -0.39 is 0 Å². The Bertz CT molecular complexity index is 2860. The van der Waals surface area contributed by atoms with Gasteiger partial charge in [-0.2, -0.15) is 0 Å². The fourth-order valence-corrected chi connectivity index (χ4v) is 7.65. The molecule has 3 nitrogen and oxygen atoms in total. The lowest BCUT2D eigenvalue weighted by Crippen LogP contribution is -2.00. The molecule has 52 heavy (non-hydrogen) atoms. The van der Waals surface area contributed by atoms with Crippen molar-refractivity contribution in [3.8, 4) is 56.4 Å². The number of aromatic nitrogens is 3. The van der Waals surface area contributed by atoms with Crippen molar-refractivity contribution in [1.82, 2.24) is 15.0 Å². The van der Waals surface area contributed by atoms with Crippen LogP contribution in [0.4, 0.5) is 0 Å². The molecule has 0 aliphatic heterocycles. The highest BCUT2D eigenvalue weighted by atomic mass is 15.0. The van der Waals surface area contributed by atoms with Gasteiger partial charge in [0.15, 0.2) is 17.5 Å². The van der Waals surface area contributed by atoms with Gasteiger partial charge in [-0.05, 0) is 77.5 Å². The van der Waals surface area contributed by atoms with E-state index >= 15 is 0 Å². The van der Waals surface area contributed by atoms with Crippen molar-refractivity contribution >= 4 is 43.1 Å². The minimum Gasteiger partial charge on any atom is -0.208 e. The van der Waals surface area contributed by atoms with Crippen LogP contribution in [0.3, 0.4) is 0 Å². The molecular formula is C49H31N3. The molecule has 0 bridgehead atoms. The molecule has 10 rings (SSSR count). The van der Waals surface area contributed by atoms with Crippen molar-refractivity contribution in [2.45, 2.75) is 0 Å². The van der Waals surface area contributed by atoms with Crippen LogP contribution in [0.1, 0.15) is 0 Å². The van der Waals surface area contributed by atoms with E-state index in [1.165, 1.54) is 59.8 Å². The number of rotatable bonds is 5. The Morgan fingerprint density at radius 2 is 0.712 bits per heavy atom. The summed E-state index contributed by atoms with van der Waals surface area (Å²) in [6.45, 7) is 0. The highest BCUT2D eigenvalue weighted by molar-refractivity contribution is 6.26. The zero-order chi connectivity index (χ0) is 34.4. The van der Waals surface area contributed by atoms with Gasteiger partial charge in [0.25, 0.3) is 0 Å². The van der Waals surface area contributed by atoms with E-state index in [4.69, 9.17) is 15.0 Å². The van der Waals surface area contributed by atoms with Crippen LogP contribution < -0.4 is 0 Å². The van der Waals surface area contributed by atoms with E-state index in [1.807, 2.05) is 60.7 Å². The Balaban J connectivity index is 1.19. The third-order valence-electron chi connectivity index (χ3n) is 10.1. The summed E-state index contributed by atoms with van der Waals surface area (Å²) in [6, 6.07) is 66.6. The molecule has 0 saturated carbocycles. The van der Waals surface area contributed by atoms with Crippen molar-refractivity contribution in [2.24, 2.45) is 0 Å². The first-order valence-electron chi connectivity index (χ1n) is 17.6. The molecule has 0 aliphatic rings. The van der Waals surface area contributed by atoms with Crippen molar-refractivity contribution < 1.29 is 0 Å². The molecule has 0 fully saturated rings. The largest absolute Gasteiger partial charge is 0.208 e. The summed E-state index contributed by atoms with van der Waals surface area (Å²) in [4.78, 5) is 15.0. The number of benzene rings is 9. The van der Waals surface area contributed by atoms with Crippen molar-refractivity contribution in [2.75, 3.05) is 0 Å². The van der Waals surface area contributed by atoms with Crippen LogP contribution in [0.15, 0.2) is 188 Å². The van der Waals surface area contributed by atoms with Crippen LogP contribution in [0.25, 0.3) is 99.5 Å². The van der Waals surface area contributed by atoms with Crippen LogP contribution in [0.5, 0.6) is 0 Å². The molecule has 0 spiro atoms. The van der Waals surface area contributed by atoms with E-state index in [0.29, 0.717) is 17.5 Å². The molecular weight excluding hydrogens is 631 g/mol. The molecule has 0 aliphatic carbocycles. The Hall–Kier alpha value is -6.97.